The molecule has 1 aliphatic carbocycles. The molecular weight excluding hydrogens is 306 g/mol. The first kappa shape index (κ1) is 14.7. The second kappa shape index (κ2) is 5.65. The second-order valence-corrected chi connectivity index (χ2v) is 6.93. The van der Waals surface area contributed by atoms with Gasteiger partial charge in [-0.15, -0.1) is 11.8 Å². The summed E-state index contributed by atoms with van der Waals surface area (Å²) in [6.07, 6.45) is 5.47. The number of aliphatic hydroxyl groups is 1. The summed E-state index contributed by atoms with van der Waals surface area (Å²) in [4.78, 5) is 12.5. The predicted molar refractivity (Wildman–Crippen MR) is 92.9 cm³/mol. The largest absolute Gasteiger partial charge is 0.383 e. The van der Waals surface area contributed by atoms with Crippen molar-refractivity contribution in [2.24, 2.45) is 0 Å². The Hall–Kier alpha value is -1.85. The molecular formula is C18H19N3OS. The highest BCUT2D eigenvalue weighted by Crippen LogP contribution is 2.40. The summed E-state index contributed by atoms with van der Waals surface area (Å²) in [7, 11) is 0. The molecule has 0 aliphatic heterocycles. The zero-order chi connectivity index (χ0) is 16.0. The number of aliphatic hydroxyl groups excluding tert-OH is 1. The minimum atomic E-state index is -0.714. The Morgan fingerprint density at radius 1 is 1.26 bits per heavy atom. The van der Waals surface area contributed by atoms with E-state index >= 15 is 0 Å². The smallest absolute Gasteiger partial charge is 0.109 e. The van der Waals surface area contributed by atoms with Crippen LogP contribution in [0.4, 0.5) is 0 Å². The molecule has 118 valence electrons. The number of hydrogen-bond acceptors (Lipinski definition) is 4. The van der Waals surface area contributed by atoms with Crippen molar-refractivity contribution in [2.45, 2.75) is 36.8 Å². The summed E-state index contributed by atoms with van der Waals surface area (Å²) in [5, 5.41) is 11.8. The Morgan fingerprint density at radius 3 is 2.74 bits per heavy atom. The maximum atomic E-state index is 10.9. The fourth-order valence-electron chi connectivity index (χ4n) is 3.01. The Bertz CT molecular complexity index is 853. The Balaban J connectivity index is 1.79. The molecule has 1 unspecified atom stereocenters. The van der Waals surface area contributed by atoms with Crippen LogP contribution in [0.1, 0.15) is 47.4 Å². The van der Waals surface area contributed by atoms with Gasteiger partial charge in [0.05, 0.1) is 16.1 Å². The number of thioether (sulfide) groups is 1. The molecule has 3 aromatic heterocycles. The summed E-state index contributed by atoms with van der Waals surface area (Å²) < 4.78 is 0. The molecule has 0 amide bonds. The quantitative estimate of drug-likeness (QED) is 0.713. The van der Waals surface area contributed by atoms with Gasteiger partial charge < -0.3 is 10.1 Å². The zero-order valence-corrected chi connectivity index (χ0v) is 14.0. The van der Waals surface area contributed by atoms with Crippen LogP contribution in [-0.4, -0.2) is 26.3 Å². The van der Waals surface area contributed by atoms with Gasteiger partial charge in [0.1, 0.15) is 6.10 Å². The summed E-state index contributed by atoms with van der Waals surface area (Å²) in [6.45, 7) is 1.99. The van der Waals surface area contributed by atoms with Crippen LogP contribution in [0.15, 0.2) is 35.5 Å². The molecule has 0 bridgehead atoms. The fourth-order valence-corrected chi connectivity index (χ4v) is 3.37. The van der Waals surface area contributed by atoms with Gasteiger partial charge >= 0.3 is 0 Å². The third kappa shape index (κ3) is 2.64. The van der Waals surface area contributed by atoms with Gasteiger partial charge in [0.15, 0.2) is 0 Å². The average Bonchev–Trinajstić information content (AvgIpc) is 3.36. The molecule has 4 rings (SSSR count). The van der Waals surface area contributed by atoms with Crippen LogP contribution in [0.5, 0.6) is 0 Å². The van der Waals surface area contributed by atoms with Crippen molar-refractivity contribution in [1.82, 2.24) is 15.0 Å². The predicted octanol–water partition coefficient (Wildman–Crippen LogP) is 3.95. The molecule has 3 heterocycles. The number of aryl methyl sites for hydroxylation is 1. The van der Waals surface area contributed by atoms with E-state index in [0.29, 0.717) is 5.92 Å². The molecule has 2 N–H and O–H groups in total. The van der Waals surface area contributed by atoms with Gasteiger partial charge in [-0.3, -0.25) is 4.98 Å². The third-order valence-corrected chi connectivity index (χ3v) is 5.11. The lowest BCUT2D eigenvalue weighted by molar-refractivity contribution is 0.220. The normalized spacial score (nSPS) is 16.0. The topological polar surface area (TPSA) is 61.8 Å². The molecule has 4 nitrogen and oxygen atoms in total. The van der Waals surface area contributed by atoms with Crippen LogP contribution in [0, 0.1) is 6.92 Å². The van der Waals surface area contributed by atoms with Crippen molar-refractivity contribution in [3.05, 3.63) is 53.0 Å². The maximum Gasteiger partial charge on any atom is 0.109 e. The van der Waals surface area contributed by atoms with E-state index < -0.39 is 6.10 Å². The van der Waals surface area contributed by atoms with Crippen molar-refractivity contribution >= 4 is 22.8 Å². The van der Waals surface area contributed by atoms with Crippen LogP contribution in [0.3, 0.4) is 0 Å². The average molecular weight is 325 g/mol. The molecule has 1 atom stereocenters. The monoisotopic (exact) mass is 325 g/mol. The summed E-state index contributed by atoms with van der Waals surface area (Å²) >= 11 is 1.59. The lowest BCUT2D eigenvalue weighted by atomic mass is 10.0. The van der Waals surface area contributed by atoms with Crippen LogP contribution < -0.4 is 0 Å². The molecule has 23 heavy (non-hydrogen) atoms. The van der Waals surface area contributed by atoms with Gasteiger partial charge in [0.2, 0.25) is 0 Å². The highest BCUT2D eigenvalue weighted by atomic mass is 32.2. The molecule has 0 spiro atoms. The van der Waals surface area contributed by atoms with Crippen molar-refractivity contribution < 1.29 is 5.11 Å². The minimum absolute atomic E-state index is 0.599. The lowest BCUT2D eigenvalue weighted by Gasteiger charge is -2.12. The van der Waals surface area contributed by atoms with Gasteiger partial charge in [-0.05, 0) is 44.2 Å². The van der Waals surface area contributed by atoms with Crippen molar-refractivity contribution in [3.8, 4) is 0 Å². The van der Waals surface area contributed by atoms with E-state index in [1.165, 1.54) is 12.8 Å². The van der Waals surface area contributed by atoms with Crippen LogP contribution in [0.2, 0.25) is 0 Å². The number of aromatic amines is 1. The van der Waals surface area contributed by atoms with E-state index in [1.54, 1.807) is 18.0 Å². The first-order chi connectivity index (χ1) is 11.2. The van der Waals surface area contributed by atoms with Crippen LogP contribution >= 0.6 is 11.8 Å². The highest BCUT2D eigenvalue weighted by molar-refractivity contribution is 7.98. The number of hydrogen-bond donors (Lipinski definition) is 2. The van der Waals surface area contributed by atoms with Gasteiger partial charge in [-0.2, -0.15) is 0 Å². The van der Waals surface area contributed by atoms with Gasteiger partial charge in [-0.25, -0.2) is 4.98 Å². The molecule has 0 aromatic carbocycles. The lowest BCUT2D eigenvalue weighted by Crippen LogP contribution is -2.02. The Kier molecular flexibility index (Phi) is 3.62. The van der Waals surface area contributed by atoms with Crippen molar-refractivity contribution in [1.29, 1.82) is 0 Å². The Morgan fingerprint density at radius 2 is 2.09 bits per heavy atom. The number of nitrogens with zero attached hydrogens (tertiary/aromatic N) is 2. The number of rotatable bonds is 4. The molecule has 1 fully saturated rings. The van der Waals surface area contributed by atoms with E-state index in [2.05, 4.69) is 22.1 Å². The molecule has 1 saturated carbocycles. The van der Waals surface area contributed by atoms with Gasteiger partial charge in [0.25, 0.3) is 0 Å². The SMILES string of the molecule is CSc1ccc(C(O)c2c(C)[nH]c3ccc(C4CC4)nc23)cn1. The van der Waals surface area contributed by atoms with E-state index in [-0.39, 0.29) is 0 Å². The zero-order valence-electron chi connectivity index (χ0n) is 13.2. The van der Waals surface area contributed by atoms with Gasteiger partial charge in [-0.1, -0.05) is 6.07 Å². The number of fused-ring (bicyclic) bond motifs is 1. The summed E-state index contributed by atoms with van der Waals surface area (Å²) in [5.41, 5.74) is 5.62. The van der Waals surface area contributed by atoms with Crippen molar-refractivity contribution in [3.63, 3.8) is 0 Å². The summed E-state index contributed by atoms with van der Waals surface area (Å²) in [5.74, 6) is 0.599. The highest BCUT2D eigenvalue weighted by Gasteiger charge is 2.27. The van der Waals surface area contributed by atoms with E-state index in [1.807, 2.05) is 25.3 Å². The second-order valence-electron chi connectivity index (χ2n) is 6.11. The standard InChI is InChI=1S/C18H19N3OS/c1-10-16(18(22)12-5-8-15(23-2)19-9-12)17-14(20-10)7-6-13(21-17)11-3-4-11/h5-9,11,18,20,22H,3-4H2,1-2H3. The molecule has 1 aliphatic rings. The first-order valence-corrected chi connectivity index (χ1v) is 9.07. The minimum Gasteiger partial charge on any atom is -0.383 e. The molecule has 0 radical (unpaired) electrons. The molecule has 5 heteroatoms. The van der Waals surface area contributed by atoms with E-state index in [9.17, 15) is 5.11 Å². The first-order valence-electron chi connectivity index (χ1n) is 7.84. The number of aromatic nitrogens is 3. The Labute approximate surface area is 139 Å². The molecule has 3 aromatic rings. The van der Waals surface area contributed by atoms with Crippen LogP contribution in [0.25, 0.3) is 11.0 Å². The fraction of sp³-hybridized carbons (Fsp3) is 0.333. The van der Waals surface area contributed by atoms with Crippen LogP contribution in [-0.2, 0) is 0 Å². The molecule has 0 saturated heterocycles. The number of nitrogens with one attached hydrogen (secondary N) is 1. The van der Waals surface area contributed by atoms with E-state index in [0.717, 1.165) is 38.6 Å². The number of pyridine rings is 2. The van der Waals surface area contributed by atoms with Crippen molar-refractivity contribution in [2.75, 3.05) is 6.26 Å². The summed E-state index contributed by atoms with van der Waals surface area (Å²) in [6, 6.07) is 8.05. The van der Waals surface area contributed by atoms with E-state index in [4.69, 9.17) is 4.98 Å². The number of H-pyrrole nitrogens is 1. The third-order valence-electron chi connectivity index (χ3n) is 4.45. The maximum absolute atomic E-state index is 10.9. The van der Waals surface area contributed by atoms with Gasteiger partial charge in [0, 0.05) is 34.6 Å².